The molecule has 0 heterocycles. The summed E-state index contributed by atoms with van der Waals surface area (Å²) in [6.07, 6.45) is 2.62. The van der Waals surface area contributed by atoms with Crippen molar-refractivity contribution in [3.05, 3.63) is 34.9 Å². The third kappa shape index (κ3) is 5.11. The molecule has 0 bridgehead atoms. The van der Waals surface area contributed by atoms with Gasteiger partial charge in [0.05, 0.1) is 19.8 Å². The third-order valence-electron chi connectivity index (χ3n) is 3.36. The molecule has 1 saturated carbocycles. The Bertz CT molecular complexity index is 365. The summed E-state index contributed by atoms with van der Waals surface area (Å²) in [5.74, 6) is 0.764. The molecule has 4 heteroatoms. The molecule has 1 unspecified atom stereocenters. The second kappa shape index (κ2) is 7.85. The largest absolute Gasteiger partial charge is 0.382 e. The third-order valence-corrected chi connectivity index (χ3v) is 3.62. The molecule has 0 spiro atoms. The maximum atomic E-state index is 5.93. The Labute approximate surface area is 120 Å². The van der Waals surface area contributed by atoms with Gasteiger partial charge in [-0.15, -0.1) is 0 Å². The predicted molar refractivity (Wildman–Crippen MR) is 77.6 cm³/mol. The summed E-state index contributed by atoms with van der Waals surface area (Å²) in [6, 6.07) is 8.59. The minimum Gasteiger partial charge on any atom is -0.382 e. The number of ether oxygens (including phenoxy) is 2. The second-order valence-corrected chi connectivity index (χ2v) is 5.36. The van der Waals surface area contributed by atoms with E-state index in [0.717, 1.165) is 24.1 Å². The summed E-state index contributed by atoms with van der Waals surface area (Å²) in [5.41, 5.74) is 1.32. The van der Waals surface area contributed by atoms with Crippen molar-refractivity contribution in [1.29, 1.82) is 0 Å². The van der Waals surface area contributed by atoms with E-state index in [0.29, 0.717) is 19.3 Å². The molecule has 0 aliphatic heterocycles. The van der Waals surface area contributed by atoms with Crippen LogP contribution in [0.1, 0.15) is 24.4 Å². The molecule has 19 heavy (non-hydrogen) atoms. The zero-order valence-electron chi connectivity index (χ0n) is 11.4. The topological polar surface area (TPSA) is 30.5 Å². The standard InChI is InChI=1S/C15H22ClNO2/c1-18-10-11-19-9-8-17-15(12-2-3-12)13-4-6-14(16)7-5-13/h4-7,12,15,17H,2-3,8-11H2,1H3. The van der Waals surface area contributed by atoms with Crippen molar-refractivity contribution in [2.24, 2.45) is 5.92 Å². The molecule has 1 fully saturated rings. The molecule has 1 aliphatic carbocycles. The Morgan fingerprint density at radius 2 is 1.95 bits per heavy atom. The van der Waals surface area contributed by atoms with Gasteiger partial charge in [0.1, 0.15) is 0 Å². The second-order valence-electron chi connectivity index (χ2n) is 4.93. The van der Waals surface area contributed by atoms with Gasteiger partial charge in [0.25, 0.3) is 0 Å². The SMILES string of the molecule is COCCOCCNC(c1ccc(Cl)cc1)C1CC1. The van der Waals surface area contributed by atoms with Gasteiger partial charge in [-0.2, -0.15) is 0 Å². The summed E-state index contributed by atoms with van der Waals surface area (Å²) in [5, 5.41) is 4.38. The molecule has 0 aromatic heterocycles. The number of rotatable bonds is 9. The highest BCUT2D eigenvalue weighted by Gasteiger charge is 2.31. The Morgan fingerprint density at radius 1 is 1.21 bits per heavy atom. The first kappa shape index (κ1) is 14.8. The van der Waals surface area contributed by atoms with Crippen LogP contribution in [0.25, 0.3) is 0 Å². The molecule has 1 N–H and O–H groups in total. The average Bonchev–Trinajstić information content (AvgIpc) is 3.24. The fourth-order valence-electron chi connectivity index (χ4n) is 2.19. The maximum absolute atomic E-state index is 5.93. The van der Waals surface area contributed by atoms with Crippen molar-refractivity contribution in [2.45, 2.75) is 18.9 Å². The fourth-order valence-corrected chi connectivity index (χ4v) is 2.31. The van der Waals surface area contributed by atoms with Crippen LogP contribution in [0.2, 0.25) is 5.02 Å². The van der Waals surface area contributed by atoms with E-state index in [1.807, 2.05) is 12.1 Å². The van der Waals surface area contributed by atoms with Crippen LogP contribution < -0.4 is 5.32 Å². The lowest BCUT2D eigenvalue weighted by Crippen LogP contribution is -2.27. The van der Waals surface area contributed by atoms with Crippen molar-refractivity contribution in [3.63, 3.8) is 0 Å². The zero-order chi connectivity index (χ0) is 13.5. The first-order chi connectivity index (χ1) is 9.31. The molecule has 3 nitrogen and oxygen atoms in total. The van der Waals surface area contributed by atoms with Gasteiger partial charge in [0.15, 0.2) is 0 Å². The van der Waals surface area contributed by atoms with Gasteiger partial charge in [0.2, 0.25) is 0 Å². The van der Waals surface area contributed by atoms with Crippen LogP contribution in [0.5, 0.6) is 0 Å². The predicted octanol–water partition coefficient (Wildman–Crippen LogP) is 3.04. The summed E-state index contributed by atoms with van der Waals surface area (Å²) < 4.78 is 10.4. The molecule has 1 aromatic rings. The van der Waals surface area contributed by atoms with Gasteiger partial charge >= 0.3 is 0 Å². The van der Waals surface area contributed by atoms with Crippen LogP contribution in [0.4, 0.5) is 0 Å². The van der Waals surface area contributed by atoms with Crippen LogP contribution in [0.3, 0.4) is 0 Å². The Morgan fingerprint density at radius 3 is 2.58 bits per heavy atom. The first-order valence-electron chi connectivity index (χ1n) is 6.87. The van der Waals surface area contributed by atoms with Crippen molar-refractivity contribution in [3.8, 4) is 0 Å². The molecular weight excluding hydrogens is 262 g/mol. The van der Waals surface area contributed by atoms with Crippen molar-refractivity contribution < 1.29 is 9.47 Å². The van der Waals surface area contributed by atoms with E-state index in [2.05, 4.69) is 17.4 Å². The lowest BCUT2D eigenvalue weighted by Gasteiger charge is -2.19. The number of benzene rings is 1. The molecule has 2 rings (SSSR count). The smallest absolute Gasteiger partial charge is 0.0700 e. The Kier molecular flexibility index (Phi) is 6.11. The van der Waals surface area contributed by atoms with E-state index in [1.54, 1.807) is 7.11 Å². The van der Waals surface area contributed by atoms with Gasteiger partial charge in [-0.3, -0.25) is 0 Å². The van der Waals surface area contributed by atoms with Crippen LogP contribution in [-0.4, -0.2) is 33.5 Å². The highest BCUT2D eigenvalue weighted by atomic mass is 35.5. The molecule has 0 saturated heterocycles. The number of methoxy groups -OCH3 is 1. The molecule has 1 aliphatic rings. The average molecular weight is 284 g/mol. The van der Waals surface area contributed by atoms with E-state index in [4.69, 9.17) is 21.1 Å². The van der Waals surface area contributed by atoms with Crippen LogP contribution in [0, 0.1) is 5.92 Å². The van der Waals surface area contributed by atoms with Crippen LogP contribution in [0.15, 0.2) is 24.3 Å². The van der Waals surface area contributed by atoms with E-state index in [-0.39, 0.29) is 0 Å². The van der Waals surface area contributed by atoms with Crippen molar-refractivity contribution in [1.82, 2.24) is 5.32 Å². The van der Waals surface area contributed by atoms with E-state index < -0.39 is 0 Å². The molecule has 0 amide bonds. The number of hydrogen-bond acceptors (Lipinski definition) is 3. The summed E-state index contributed by atoms with van der Waals surface area (Å²) in [4.78, 5) is 0. The van der Waals surface area contributed by atoms with E-state index in [9.17, 15) is 0 Å². The quantitative estimate of drug-likeness (QED) is 0.707. The van der Waals surface area contributed by atoms with E-state index in [1.165, 1.54) is 18.4 Å². The van der Waals surface area contributed by atoms with Crippen molar-refractivity contribution >= 4 is 11.6 Å². The van der Waals surface area contributed by atoms with Crippen LogP contribution in [-0.2, 0) is 9.47 Å². The van der Waals surface area contributed by atoms with Gasteiger partial charge in [0, 0.05) is 24.7 Å². The lowest BCUT2D eigenvalue weighted by molar-refractivity contribution is 0.0707. The van der Waals surface area contributed by atoms with E-state index >= 15 is 0 Å². The number of nitrogens with one attached hydrogen (secondary N) is 1. The van der Waals surface area contributed by atoms with Gasteiger partial charge < -0.3 is 14.8 Å². The minimum absolute atomic E-state index is 0.434. The summed E-state index contributed by atoms with van der Waals surface area (Å²) in [6.45, 7) is 2.91. The van der Waals surface area contributed by atoms with Gasteiger partial charge in [-0.1, -0.05) is 23.7 Å². The minimum atomic E-state index is 0.434. The zero-order valence-corrected chi connectivity index (χ0v) is 12.2. The Hall–Kier alpha value is -0.610. The molecule has 106 valence electrons. The number of hydrogen-bond donors (Lipinski definition) is 1. The first-order valence-corrected chi connectivity index (χ1v) is 7.24. The maximum Gasteiger partial charge on any atom is 0.0700 e. The molecule has 0 radical (unpaired) electrons. The number of halogens is 1. The normalized spacial score (nSPS) is 16.5. The highest BCUT2D eigenvalue weighted by Crippen LogP contribution is 2.41. The molecule has 1 atom stereocenters. The molecular formula is C15H22ClNO2. The highest BCUT2D eigenvalue weighted by molar-refractivity contribution is 6.30. The Balaban J connectivity index is 1.75. The van der Waals surface area contributed by atoms with Crippen molar-refractivity contribution in [2.75, 3.05) is 33.5 Å². The lowest BCUT2D eigenvalue weighted by atomic mass is 10.0. The summed E-state index contributed by atoms with van der Waals surface area (Å²) >= 11 is 5.93. The fraction of sp³-hybridized carbons (Fsp3) is 0.600. The van der Waals surface area contributed by atoms with Gasteiger partial charge in [-0.25, -0.2) is 0 Å². The summed E-state index contributed by atoms with van der Waals surface area (Å²) in [7, 11) is 1.69. The monoisotopic (exact) mass is 283 g/mol. The molecule has 1 aromatic carbocycles. The van der Waals surface area contributed by atoms with Crippen LogP contribution >= 0.6 is 11.6 Å². The van der Waals surface area contributed by atoms with Gasteiger partial charge in [-0.05, 0) is 36.5 Å².